The van der Waals surface area contributed by atoms with Crippen LogP contribution in [0.1, 0.15) is 5.56 Å². The van der Waals surface area contributed by atoms with E-state index in [1.165, 1.54) is 13.2 Å². The van der Waals surface area contributed by atoms with Crippen molar-refractivity contribution in [1.29, 1.82) is 0 Å². The van der Waals surface area contributed by atoms with Crippen molar-refractivity contribution < 1.29 is 19.7 Å². The standard InChI is InChI=1S/C12H14ClNO4/c1-18-10-3-9(13)2-7(11(10)15)4-14-5-8(6-14)12(16)17/h2-3,8,15H,4-6H2,1H3,(H,16,17). The highest BCUT2D eigenvalue weighted by atomic mass is 35.5. The van der Waals surface area contributed by atoms with E-state index in [4.69, 9.17) is 21.4 Å². The number of carboxylic acid groups (broad SMARTS) is 1. The lowest BCUT2D eigenvalue weighted by atomic mass is 9.99. The average Bonchev–Trinajstić information content (AvgIpc) is 2.26. The normalized spacial score (nSPS) is 16.3. The van der Waals surface area contributed by atoms with Gasteiger partial charge in [0.15, 0.2) is 11.5 Å². The summed E-state index contributed by atoms with van der Waals surface area (Å²) in [5.74, 6) is -0.708. The molecular weight excluding hydrogens is 258 g/mol. The number of rotatable bonds is 4. The number of hydrogen-bond donors (Lipinski definition) is 2. The number of methoxy groups -OCH3 is 1. The van der Waals surface area contributed by atoms with E-state index in [2.05, 4.69) is 0 Å². The van der Waals surface area contributed by atoms with Crippen LogP contribution in [0.5, 0.6) is 11.5 Å². The Kier molecular flexibility index (Phi) is 3.63. The van der Waals surface area contributed by atoms with Gasteiger partial charge in [-0.05, 0) is 6.07 Å². The van der Waals surface area contributed by atoms with Gasteiger partial charge in [-0.2, -0.15) is 0 Å². The number of likely N-dealkylation sites (tertiary alicyclic amines) is 1. The van der Waals surface area contributed by atoms with Crippen LogP contribution in [-0.2, 0) is 11.3 Å². The molecule has 6 heteroatoms. The molecule has 0 spiro atoms. The van der Waals surface area contributed by atoms with Crippen molar-refractivity contribution in [3.05, 3.63) is 22.7 Å². The van der Waals surface area contributed by atoms with Crippen LogP contribution >= 0.6 is 11.6 Å². The molecule has 0 aliphatic carbocycles. The summed E-state index contributed by atoms with van der Waals surface area (Å²) in [4.78, 5) is 12.6. The molecule has 0 radical (unpaired) electrons. The zero-order valence-electron chi connectivity index (χ0n) is 9.89. The largest absolute Gasteiger partial charge is 0.504 e. The van der Waals surface area contributed by atoms with Crippen LogP contribution in [0.25, 0.3) is 0 Å². The lowest BCUT2D eigenvalue weighted by Crippen LogP contribution is -2.49. The van der Waals surface area contributed by atoms with E-state index in [0.717, 1.165) is 0 Å². The van der Waals surface area contributed by atoms with Crippen LogP contribution < -0.4 is 4.74 Å². The van der Waals surface area contributed by atoms with E-state index in [-0.39, 0.29) is 11.7 Å². The topological polar surface area (TPSA) is 70.0 Å². The Morgan fingerprint density at radius 1 is 1.56 bits per heavy atom. The van der Waals surface area contributed by atoms with Crippen molar-refractivity contribution in [2.45, 2.75) is 6.54 Å². The number of hydrogen-bond acceptors (Lipinski definition) is 4. The van der Waals surface area contributed by atoms with Gasteiger partial charge >= 0.3 is 5.97 Å². The van der Waals surface area contributed by atoms with Crippen molar-refractivity contribution in [3.8, 4) is 11.5 Å². The number of carbonyl (C=O) groups is 1. The highest BCUT2D eigenvalue weighted by Crippen LogP contribution is 2.35. The van der Waals surface area contributed by atoms with Crippen molar-refractivity contribution in [3.63, 3.8) is 0 Å². The first-order chi connectivity index (χ1) is 8.51. The van der Waals surface area contributed by atoms with Crippen LogP contribution in [0.4, 0.5) is 0 Å². The van der Waals surface area contributed by atoms with Gasteiger partial charge in [-0.3, -0.25) is 9.69 Å². The number of carboxylic acids is 1. The maximum absolute atomic E-state index is 10.7. The minimum atomic E-state index is -0.779. The molecule has 2 rings (SSSR count). The van der Waals surface area contributed by atoms with Crippen molar-refractivity contribution in [2.24, 2.45) is 5.92 Å². The Morgan fingerprint density at radius 2 is 2.22 bits per heavy atom. The quantitative estimate of drug-likeness (QED) is 0.870. The molecule has 1 aliphatic rings. The molecule has 0 saturated carbocycles. The number of phenols is 1. The number of ether oxygens (including phenoxy) is 1. The van der Waals surface area contributed by atoms with Gasteiger partial charge in [0.2, 0.25) is 0 Å². The number of benzene rings is 1. The fraction of sp³-hybridized carbons (Fsp3) is 0.417. The predicted molar refractivity (Wildman–Crippen MR) is 66.1 cm³/mol. The number of nitrogens with zero attached hydrogens (tertiary/aromatic N) is 1. The number of halogens is 1. The molecule has 0 unspecified atom stereocenters. The average molecular weight is 272 g/mol. The molecule has 5 nitrogen and oxygen atoms in total. The summed E-state index contributed by atoms with van der Waals surface area (Å²) >= 11 is 5.92. The van der Waals surface area contributed by atoms with E-state index >= 15 is 0 Å². The van der Waals surface area contributed by atoms with Gasteiger partial charge in [-0.1, -0.05) is 11.6 Å². The Bertz CT molecular complexity index is 471. The summed E-state index contributed by atoms with van der Waals surface area (Å²) in [5.41, 5.74) is 0.642. The Hall–Kier alpha value is -1.46. The van der Waals surface area contributed by atoms with Gasteiger partial charge in [0.1, 0.15) is 0 Å². The molecule has 1 aromatic carbocycles. The first-order valence-corrected chi connectivity index (χ1v) is 5.89. The van der Waals surface area contributed by atoms with Gasteiger partial charge in [0.05, 0.1) is 13.0 Å². The third-order valence-electron chi connectivity index (χ3n) is 3.04. The molecule has 0 bridgehead atoms. The van der Waals surface area contributed by atoms with E-state index in [0.29, 0.717) is 36.0 Å². The minimum absolute atomic E-state index is 0.0562. The molecule has 2 N–H and O–H groups in total. The van der Waals surface area contributed by atoms with Gasteiger partial charge in [0.25, 0.3) is 0 Å². The molecule has 0 aromatic heterocycles. The van der Waals surface area contributed by atoms with Crippen LogP contribution in [0, 0.1) is 5.92 Å². The molecule has 1 aromatic rings. The third-order valence-corrected chi connectivity index (χ3v) is 3.26. The number of aliphatic carboxylic acids is 1. The Morgan fingerprint density at radius 3 is 2.78 bits per heavy atom. The molecule has 1 heterocycles. The Balaban J connectivity index is 2.06. The van der Waals surface area contributed by atoms with Gasteiger partial charge < -0.3 is 14.9 Å². The molecule has 1 saturated heterocycles. The van der Waals surface area contributed by atoms with Gasteiger partial charge in [-0.15, -0.1) is 0 Å². The molecule has 1 aliphatic heterocycles. The fourth-order valence-corrected chi connectivity index (χ4v) is 2.23. The SMILES string of the molecule is COc1cc(Cl)cc(CN2CC(C(=O)O)C2)c1O. The van der Waals surface area contributed by atoms with Crippen LogP contribution in [-0.4, -0.2) is 41.3 Å². The van der Waals surface area contributed by atoms with Gasteiger partial charge in [0, 0.05) is 36.3 Å². The second kappa shape index (κ2) is 5.04. The lowest BCUT2D eigenvalue weighted by molar-refractivity contribution is -0.147. The highest BCUT2D eigenvalue weighted by Gasteiger charge is 2.32. The monoisotopic (exact) mass is 271 g/mol. The zero-order chi connectivity index (χ0) is 13.3. The maximum atomic E-state index is 10.7. The van der Waals surface area contributed by atoms with Crippen LogP contribution in [0.3, 0.4) is 0 Å². The summed E-state index contributed by atoms with van der Waals surface area (Å²) in [6.07, 6.45) is 0. The van der Waals surface area contributed by atoms with Crippen LogP contribution in [0.15, 0.2) is 12.1 Å². The smallest absolute Gasteiger partial charge is 0.309 e. The fourth-order valence-electron chi connectivity index (χ4n) is 2.00. The summed E-state index contributed by atoms with van der Waals surface area (Å²) in [5, 5.41) is 19.2. The highest BCUT2D eigenvalue weighted by molar-refractivity contribution is 6.30. The molecule has 18 heavy (non-hydrogen) atoms. The van der Waals surface area contributed by atoms with Gasteiger partial charge in [-0.25, -0.2) is 0 Å². The first kappa shape index (κ1) is 13.0. The second-order valence-electron chi connectivity index (χ2n) is 4.35. The first-order valence-electron chi connectivity index (χ1n) is 5.51. The van der Waals surface area contributed by atoms with Crippen molar-refractivity contribution >= 4 is 17.6 Å². The molecule has 98 valence electrons. The zero-order valence-corrected chi connectivity index (χ0v) is 10.6. The minimum Gasteiger partial charge on any atom is -0.504 e. The van der Waals surface area contributed by atoms with E-state index < -0.39 is 5.97 Å². The summed E-state index contributed by atoms with van der Waals surface area (Å²) < 4.78 is 5.01. The van der Waals surface area contributed by atoms with E-state index in [9.17, 15) is 9.90 Å². The van der Waals surface area contributed by atoms with Crippen molar-refractivity contribution in [2.75, 3.05) is 20.2 Å². The number of phenolic OH excluding ortho intramolecular Hbond substituents is 1. The molecule has 1 fully saturated rings. The van der Waals surface area contributed by atoms with E-state index in [1.807, 2.05) is 4.90 Å². The third kappa shape index (κ3) is 2.52. The predicted octanol–water partition coefficient (Wildman–Crippen LogP) is 1.57. The summed E-state index contributed by atoms with van der Waals surface area (Å²) in [6, 6.07) is 3.20. The summed E-state index contributed by atoms with van der Waals surface area (Å²) in [6.45, 7) is 1.44. The summed E-state index contributed by atoms with van der Waals surface area (Å²) in [7, 11) is 1.46. The van der Waals surface area contributed by atoms with Crippen molar-refractivity contribution in [1.82, 2.24) is 4.90 Å². The Labute approximate surface area is 110 Å². The van der Waals surface area contributed by atoms with E-state index in [1.54, 1.807) is 6.07 Å². The lowest BCUT2D eigenvalue weighted by Gasteiger charge is -2.36. The molecule has 0 amide bonds. The second-order valence-corrected chi connectivity index (χ2v) is 4.78. The molecule has 0 atom stereocenters. The molecular formula is C12H14ClNO4. The maximum Gasteiger partial charge on any atom is 0.309 e. The number of aromatic hydroxyl groups is 1. The van der Waals surface area contributed by atoms with Crippen LogP contribution in [0.2, 0.25) is 5.02 Å².